The summed E-state index contributed by atoms with van der Waals surface area (Å²) in [5.41, 5.74) is 1.52. The van der Waals surface area contributed by atoms with Gasteiger partial charge in [0.05, 0.1) is 19.9 Å². The highest BCUT2D eigenvalue weighted by atomic mass is 16.5. The van der Waals surface area contributed by atoms with Crippen LogP contribution in [0.25, 0.3) is 5.69 Å². The number of nitrogens with one attached hydrogen (secondary N) is 1. The van der Waals surface area contributed by atoms with Crippen LogP contribution >= 0.6 is 0 Å². The van der Waals surface area contributed by atoms with Crippen LogP contribution in [-0.4, -0.2) is 29.0 Å². The van der Waals surface area contributed by atoms with E-state index < -0.39 is 0 Å². The summed E-state index contributed by atoms with van der Waals surface area (Å²) in [5.74, 6) is 2.10. The zero-order chi connectivity index (χ0) is 16.9. The van der Waals surface area contributed by atoms with Gasteiger partial charge < -0.3 is 9.47 Å². The summed E-state index contributed by atoms with van der Waals surface area (Å²) in [6.07, 6.45) is 1.36. The number of aromatic nitrogens is 3. The number of nitrogens with zero attached hydrogens (tertiary/aromatic N) is 2. The van der Waals surface area contributed by atoms with Crippen molar-refractivity contribution in [3.8, 4) is 17.2 Å². The van der Waals surface area contributed by atoms with Crippen LogP contribution in [0.2, 0.25) is 0 Å². The van der Waals surface area contributed by atoms with Gasteiger partial charge in [0.25, 0.3) is 0 Å². The third-order valence-electron chi connectivity index (χ3n) is 3.84. The first-order chi connectivity index (χ1) is 11.7. The van der Waals surface area contributed by atoms with E-state index in [1.807, 2.05) is 48.5 Å². The Balaban J connectivity index is 1.89. The fourth-order valence-electron chi connectivity index (χ4n) is 2.64. The average Bonchev–Trinajstić information content (AvgIpc) is 3.00. The van der Waals surface area contributed by atoms with Gasteiger partial charge in [-0.05, 0) is 36.2 Å². The predicted octanol–water partition coefficient (Wildman–Crippen LogP) is 2.36. The number of rotatable bonds is 6. The Morgan fingerprint density at radius 3 is 2.67 bits per heavy atom. The van der Waals surface area contributed by atoms with Crippen molar-refractivity contribution < 1.29 is 9.47 Å². The first-order valence-corrected chi connectivity index (χ1v) is 7.65. The third-order valence-corrected chi connectivity index (χ3v) is 3.84. The first kappa shape index (κ1) is 15.9. The second-order valence-corrected chi connectivity index (χ2v) is 5.30. The molecular weight excluding hydrogens is 306 g/mol. The molecule has 6 heteroatoms. The molecule has 0 fully saturated rings. The lowest BCUT2D eigenvalue weighted by molar-refractivity contribution is 0.412. The molecule has 3 rings (SSSR count). The fraction of sp³-hybridized carbons (Fsp3) is 0.222. The monoisotopic (exact) mass is 325 g/mol. The molecule has 24 heavy (non-hydrogen) atoms. The second-order valence-electron chi connectivity index (χ2n) is 5.30. The molecule has 6 nitrogen and oxygen atoms in total. The van der Waals surface area contributed by atoms with E-state index in [2.05, 4.69) is 10.2 Å². The van der Waals surface area contributed by atoms with Crippen molar-refractivity contribution in [2.45, 2.75) is 12.8 Å². The normalized spacial score (nSPS) is 10.6. The van der Waals surface area contributed by atoms with Crippen LogP contribution in [0.4, 0.5) is 0 Å². The van der Waals surface area contributed by atoms with E-state index in [0.717, 1.165) is 17.7 Å². The van der Waals surface area contributed by atoms with Crippen molar-refractivity contribution in [1.29, 1.82) is 0 Å². The smallest absolute Gasteiger partial charge is 0.348 e. The van der Waals surface area contributed by atoms with Crippen LogP contribution in [0.1, 0.15) is 11.4 Å². The minimum absolute atomic E-state index is 0.278. The number of hydrogen-bond acceptors (Lipinski definition) is 4. The van der Waals surface area contributed by atoms with Gasteiger partial charge in [0.1, 0.15) is 17.3 Å². The molecule has 3 aromatic rings. The van der Waals surface area contributed by atoms with Crippen LogP contribution in [0.3, 0.4) is 0 Å². The Morgan fingerprint density at radius 1 is 1.04 bits per heavy atom. The molecule has 0 atom stereocenters. The molecule has 0 aliphatic rings. The molecule has 0 amide bonds. The SMILES string of the molecule is COc1cccc(CCc2n[nH]c(=O)n2-c2ccccc2OC)c1. The Labute approximate surface area is 139 Å². The standard InChI is InChI=1S/C18H19N3O3/c1-23-14-7-5-6-13(12-14)10-11-17-19-20-18(22)21(17)15-8-3-4-9-16(15)24-2/h3-9,12H,10-11H2,1-2H3,(H,20,22). The predicted molar refractivity (Wildman–Crippen MR) is 91.1 cm³/mol. The lowest BCUT2D eigenvalue weighted by Gasteiger charge is -2.10. The largest absolute Gasteiger partial charge is 0.497 e. The van der Waals surface area contributed by atoms with Gasteiger partial charge in [-0.1, -0.05) is 24.3 Å². The van der Waals surface area contributed by atoms with Gasteiger partial charge in [0.15, 0.2) is 0 Å². The number of ether oxygens (including phenoxy) is 2. The van der Waals surface area contributed by atoms with Gasteiger partial charge in [-0.25, -0.2) is 14.5 Å². The van der Waals surface area contributed by atoms with Gasteiger partial charge in [0.2, 0.25) is 0 Å². The number of aromatic amines is 1. The van der Waals surface area contributed by atoms with Crippen molar-refractivity contribution in [2.75, 3.05) is 14.2 Å². The molecule has 0 aliphatic heterocycles. The summed E-state index contributed by atoms with van der Waals surface area (Å²) < 4.78 is 12.1. The Hall–Kier alpha value is -3.02. The lowest BCUT2D eigenvalue weighted by atomic mass is 10.1. The lowest BCUT2D eigenvalue weighted by Crippen LogP contribution is -2.18. The van der Waals surface area contributed by atoms with E-state index in [1.54, 1.807) is 18.8 Å². The van der Waals surface area contributed by atoms with Crippen molar-refractivity contribution in [2.24, 2.45) is 0 Å². The Kier molecular flexibility index (Phi) is 4.65. The molecule has 1 heterocycles. The van der Waals surface area contributed by atoms with Gasteiger partial charge in [0, 0.05) is 6.42 Å². The molecule has 0 aliphatic carbocycles. The molecule has 0 spiro atoms. The zero-order valence-corrected chi connectivity index (χ0v) is 13.7. The van der Waals surface area contributed by atoms with Crippen molar-refractivity contribution in [3.05, 3.63) is 70.4 Å². The van der Waals surface area contributed by atoms with Gasteiger partial charge in [-0.3, -0.25) is 0 Å². The van der Waals surface area contributed by atoms with E-state index in [0.29, 0.717) is 23.7 Å². The Morgan fingerprint density at radius 2 is 1.88 bits per heavy atom. The van der Waals surface area contributed by atoms with E-state index in [4.69, 9.17) is 9.47 Å². The number of hydrogen-bond donors (Lipinski definition) is 1. The van der Waals surface area contributed by atoms with Crippen LogP contribution in [0.5, 0.6) is 11.5 Å². The molecule has 1 aromatic heterocycles. The van der Waals surface area contributed by atoms with Crippen LogP contribution in [0, 0.1) is 0 Å². The quantitative estimate of drug-likeness (QED) is 0.755. The summed E-state index contributed by atoms with van der Waals surface area (Å²) in [7, 11) is 3.23. The third kappa shape index (κ3) is 3.17. The molecule has 0 unspecified atom stereocenters. The molecule has 0 saturated carbocycles. The summed E-state index contributed by atoms with van der Waals surface area (Å²) >= 11 is 0. The average molecular weight is 325 g/mol. The number of H-pyrrole nitrogens is 1. The number of benzene rings is 2. The minimum atomic E-state index is -0.278. The van der Waals surface area contributed by atoms with Crippen LogP contribution in [-0.2, 0) is 12.8 Å². The van der Waals surface area contributed by atoms with E-state index in [9.17, 15) is 4.79 Å². The van der Waals surface area contributed by atoms with Crippen molar-refractivity contribution in [1.82, 2.24) is 14.8 Å². The summed E-state index contributed by atoms with van der Waals surface area (Å²) in [6.45, 7) is 0. The molecule has 0 saturated heterocycles. The van der Waals surface area contributed by atoms with Gasteiger partial charge >= 0.3 is 5.69 Å². The maximum Gasteiger partial charge on any atom is 0.348 e. The maximum absolute atomic E-state index is 12.2. The number of para-hydroxylation sites is 2. The Bertz CT molecular complexity index is 883. The highest BCUT2D eigenvalue weighted by Crippen LogP contribution is 2.22. The van der Waals surface area contributed by atoms with Crippen LogP contribution < -0.4 is 15.2 Å². The van der Waals surface area contributed by atoms with Crippen molar-refractivity contribution in [3.63, 3.8) is 0 Å². The molecule has 1 N–H and O–H groups in total. The van der Waals surface area contributed by atoms with Crippen molar-refractivity contribution >= 4 is 0 Å². The molecule has 0 bridgehead atoms. The van der Waals surface area contributed by atoms with Gasteiger partial charge in [-0.15, -0.1) is 0 Å². The maximum atomic E-state index is 12.2. The highest BCUT2D eigenvalue weighted by molar-refractivity contribution is 5.47. The molecule has 124 valence electrons. The van der Waals surface area contributed by atoms with Gasteiger partial charge in [-0.2, -0.15) is 5.10 Å². The minimum Gasteiger partial charge on any atom is -0.497 e. The fourth-order valence-corrected chi connectivity index (χ4v) is 2.64. The van der Waals surface area contributed by atoms with E-state index in [-0.39, 0.29) is 5.69 Å². The van der Waals surface area contributed by atoms with E-state index >= 15 is 0 Å². The summed E-state index contributed by atoms with van der Waals surface area (Å²) in [5, 5.41) is 6.69. The zero-order valence-electron chi connectivity index (χ0n) is 13.7. The first-order valence-electron chi connectivity index (χ1n) is 7.65. The second kappa shape index (κ2) is 7.04. The summed E-state index contributed by atoms with van der Waals surface area (Å²) in [4.78, 5) is 12.2. The summed E-state index contributed by atoms with van der Waals surface area (Å²) in [6, 6.07) is 15.3. The van der Waals surface area contributed by atoms with Crippen LogP contribution in [0.15, 0.2) is 53.3 Å². The highest BCUT2D eigenvalue weighted by Gasteiger charge is 2.14. The van der Waals surface area contributed by atoms with E-state index in [1.165, 1.54) is 0 Å². The number of methoxy groups -OCH3 is 2. The topological polar surface area (TPSA) is 69.1 Å². The number of aryl methyl sites for hydroxylation is 2. The molecule has 0 radical (unpaired) electrons. The molecule has 2 aromatic carbocycles. The molecular formula is C18H19N3O3.